The van der Waals surface area contributed by atoms with Crippen LogP contribution in [0.3, 0.4) is 0 Å². The van der Waals surface area contributed by atoms with Crippen LogP contribution in [0.4, 0.5) is 0 Å². The molecule has 0 bridgehead atoms. The summed E-state index contributed by atoms with van der Waals surface area (Å²) in [6, 6.07) is 3.74. The zero-order chi connectivity index (χ0) is 13.2. The van der Waals surface area contributed by atoms with Gasteiger partial charge in [0.1, 0.15) is 0 Å². The molecule has 2 aliphatic rings. The predicted octanol–water partition coefficient (Wildman–Crippen LogP) is 1.41. The molecule has 0 unspecified atom stereocenters. The third-order valence-electron chi connectivity index (χ3n) is 3.74. The van der Waals surface area contributed by atoms with Crippen LogP contribution in [0.1, 0.15) is 36.2 Å². The second-order valence-electron chi connectivity index (χ2n) is 5.35. The zero-order valence-corrected chi connectivity index (χ0v) is 10.8. The monoisotopic (exact) mass is 262 g/mol. The lowest BCUT2D eigenvalue weighted by Crippen LogP contribution is -2.45. The molecule has 1 saturated heterocycles. The minimum absolute atomic E-state index is 0.0757. The molecule has 1 aromatic heterocycles. The fourth-order valence-electron chi connectivity index (χ4n) is 2.48. The first-order chi connectivity index (χ1) is 9.24. The minimum atomic E-state index is -0.117. The minimum Gasteiger partial charge on any atom is -0.459 e. The van der Waals surface area contributed by atoms with Gasteiger partial charge in [0, 0.05) is 19.1 Å². The first kappa shape index (κ1) is 12.3. The molecule has 0 spiro atoms. The van der Waals surface area contributed by atoms with Crippen LogP contribution in [-0.4, -0.2) is 35.8 Å². The van der Waals surface area contributed by atoms with Crippen molar-refractivity contribution in [3.8, 4) is 0 Å². The lowest BCUT2D eigenvalue weighted by atomic mass is 9.97. The standard InChI is InChI=1S/C14H18N2O3/c17-13(15-11-5-6-11)10-3-1-7-16(9-10)14(18)12-4-2-8-19-12/h2,4,8,10-11H,1,3,5-7,9H2,(H,15,17)/t10-/m0/s1. The van der Waals surface area contributed by atoms with Crippen molar-refractivity contribution >= 4 is 11.8 Å². The normalized spacial score (nSPS) is 23.2. The summed E-state index contributed by atoms with van der Waals surface area (Å²) < 4.78 is 5.13. The Bertz CT molecular complexity index is 465. The average molecular weight is 262 g/mol. The summed E-state index contributed by atoms with van der Waals surface area (Å²) >= 11 is 0. The second-order valence-corrected chi connectivity index (χ2v) is 5.35. The van der Waals surface area contributed by atoms with E-state index in [-0.39, 0.29) is 17.7 Å². The highest BCUT2D eigenvalue weighted by Gasteiger charge is 2.32. The molecule has 1 atom stereocenters. The fraction of sp³-hybridized carbons (Fsp3) is 0.571. The van der Waals surface area contributed by atoms with Gasteiger partial charge in [0.25, 0.3) is 5.91 Å². The van der Waals surface area contributed by atoms with Crippen LogP contribution in [0.2, 0.25) is 0 Å². The van der Waals surface area contributed by atoms with Gasteiger partial charge in [0.2, 0.25) is 5.91 Å². The van der Waals surface area contributed by atoms with Crippen LogP contribution < -0.4 is 5.32 Å². The number of nitrogens with zero attached hydrogens (tertiary/aromatic N) is 1. The highest BCUT2D eigenvalue weighted by Crippen LogP contribution is 2.23. The number of hydrogen-bond acceptors (Lipinski definition) is 3. The Kier molecular flexibility index (Phi) is 3.27. The van der Waals surface area contributed by atoms with Crippen molar-refractivity contribution in [2.45, 2.75) is 31.7 Å². The first-order valence-electron chi connectivity index (χ1n) is 6.87. The average Bonchev–Trinajstić information content (AvgIpc) is 3.08. The number of carbonyl (C=O) groups excluding carboxylic acids is 2. The molecule has 0 radical (unpaired) electrons. The van der Waals surface area contributed by atoms with Crippen LogP contribution in [0, 0.1) is 5.92 Å². The molecule has 19 heavy (non-hydrogen) atoms. The van der Waals surface area contributed by atoms with Crippen molar-refractivity contribution in [2.24, 2.45) is 5.92 Å². The van der Waals surface area contributed by atoms with E-state index in [1.807, 2.05) is 0 Å². The highest BCUT2D eigenvalue weighted by molar-refractivity contribution is 5.92. The Morgan fingerprint density at radius 1 is 1.32 bits per heavy atom. The van der Waals surface area contributed by atoms with Crippen molar-refractivity contribution in [2.75, 3.05) is 13.1 Å². The molecule has 1 aliphatic carbocycles. The van der Waals surface area contributed by atoms with E-state index in [0.717, 1.165) is 25.7 Å². The van der Waals surface area contributed by atoms with E-state index in [4.69, 9.17) is 4.42 Å². The molecule has 102 valence electrons. The quantitative estimate of drug-likeness (QED) is 0.896. The van der Waals surface area contributed by atoms with Gasteiger partial charge in [-0.25, -0.2) is 0 Å². The van der Waals surface area contributed by atoms with Gasteiger partial charge in [-0.3, -0.25) is 9.59 Å². The fourth-order valence-corrected chi connectivity index (χ4v) is 2.48. The number of hydrogen-bond donors (Lipinski definition) is 1. The van der Waals surface area contributed by atoms with Gasteiger partial charge in [-0.1, -0.05) is 0 Å². The lowest BCUT2D eigenvalue weighted by Gasteiger charge is -2.31. The molecule has 1 aromatic rings. The van der Waals surface area contributed by atoms with Crippen LogP contribution in [0.5, 0.6) is 0 Å². The van der Waals surface area contributed by atoms with E-state index in [0.29, 0.717) is 24.9 Å². The topological polar surface area (TPSA) is 62.6 Å². The smallest absolute Gasteiger partial charge is 0.289 e. The third kappa shape index (κ3) is 2.80. The van der Waals surface area contributed by atoms with Crippen molar-refractivity contribution in [1.29, 1.82) is 0 Å². The van der Waals surface area contributed by atoms with Gasteiger partial charge in [0.15, 0.2) is 5.76 Å². The maximum absolute atomic E-state index is 12.2. The van der Waals surface area contributed by atoms with Crippen LogP contribution in [0.15, 0.2) is 22.8 Å². The predicted molar refractivity (Wildman–Crippen MR) is 68.5 cm³/mol. The number of rotatable bonds is 3. The maximum Gasteiger partial charge on any atom is 0.289 e. The SMILES string of the molecule is O=C(NC1CC1)[C@H]1CCCN(C(=O)c2ccco2)C1. The van der Waals surface area contributed by atoms with E-state index in [1.165, 1.54) is 6.26 Å². The van der Waals surface area contributed by atoms with Gasteiger partial charge >= 0.3 is 0 Å². The number of nitrogens with one attached hydrogen (secondary N) is 1. The molecular formula is C14H18N2O3. The maximum atomic E-state index is 12.2. The summed E-state index contributed by atoms with van der Waals surface area (Å²) in [7, 11) is 0. The zero-order valence-electron chi connectivity index (χ0n) is 10.8. The number of piperidine rings is 1. The van der Waals surface area contributed by atoms with E-state index in [9.17, 15) is 9.59 Å². The molecule has 1 aliphatic heterocycles. The van der Waals surface area contributed by atoms with Crippen molar-refractivity contribution in [3.63, 3.8) is 0 Å². The third-order valence-corrected chi connectivity index (χ3v) is 3.74. The molecular weight excluding hydrogens is 244 g/mol. The van der Waals surface area contributed by atoms with Crippen molar-refractivity contribution in [3.05, 3.63) is 24.2 Å². The molecule has 2 fully saturated rings. The van der Waals surface area contributed by atoms with Gasteiger partial charge in [0.05, 0.1) is 12.2 Å². The van der Waals surface area contributed by atoms with E-state index >= 15 is 0 Å². The van der Waals surface area contributed by atoms with E-state index < -0.39 is 0 Å². The summed E-state index contributed by atoms with van der Waals surface area (Å²) in [6.45, 7) is 1.20. The van der Waals surface area contributed by atoms with E-state index in [2.05, 4.69) is 5.32 Å². The number of amides is 2. The van der Waals surface area contributed by atoms with Gasteiger partial charge < -0.3 is 14.6 Å². The molecule has 5 nitrogen and oxygen atoms in total. The summed E-state index contributed by atoms with van der Waals surface area (Å²) in [4.78, 5) is 25.9. The molecule has 5 heteroatoms. The Morgan fingerprint density at radius 3 is 2.84 bits per heavy atom. The highest BCUT2D eigenvalue weighted by atomic mass is 16.3. The summed E-state index contributed by atoms with van der Waals surface area (Å²) in [5, 5.41) is 3.02. The van der Waals surface area contributed by atoms with E-state index in [1.54, 1.807) is 17.0 Å². The van der Waals surface area contributed by atoms with Crippen molar-refractivity contribution < 1.29 is 14.0 Å². The number of carbonyl (C=O) groups is 2. The Hall–Kier alpha value is -1.78. The lowest BCUT2D eigenvalue weighted by molar-refractivity contribution is -0.126. The van der Waals surface area contributed by atoms with Crippen LogP contribution in [0.25, 0.3) is 0 Å². The summed E-state index contributed by atoms with van der Waals surface area (Å²) in [5.41, 5.74) is 0. The largest absolute Gasteiger partial charge is 0.459 e. The number of likely N-dealkylation sites (tertiary alicyclic amines) is 1. The van der Waals surface area contributed by atoms with Crippen LogP contribution in [-0.2, 0) is 4.79 Å². The van der Waals surface area contributed by atoms with Gasteiger partial charge in [-0.15, -0.1) is 0 Å². The van der Waals surface area contributed by atoms with Gasteiger partial charge in [-0.2, -0.15) is 0 Å². The Balaban J connectivity index is 1.60. The summed E-state index contributed by atoms with van der Waals surface area (Å²) in [6.07, 6.45) is 5.41. The Morgan fingerprint density at radius 2 is 2.16 bits per heavy atom. The number of furan rings is 1. The molecule has 1 saturated carbocycles. The summed E-state index contributed by atoms with van der Waals surface area (Å²) in [5.74, 6) is 0.255. The Labute approximate surface area is 111 Å². The molecule has 2 heterocycles. The molecule has 3 rings (SSSR count). The molecule has 2 amide bonds. The van der Waals surface area contributed by atoms with Crippen molar-refractivity contribution in [1.82, 2.24) is 10.2 Å². The second kappa shape index (κ2) is 5.07. The van der Waals surface area contributed by atoms with Crippen LogP contribution >= 0.6 is 0 Å². The molecule has 0 aromatic carbocycles. The van der Waals surface area contributed by atoms with Gasteiger partial charge in [-0.05, 0) is 37.8 Å². The molecule has 1 N–H and O–H groups in total. The first-order valence-corrected chi connectivity index (χ1v) is 6.87.